The molecule has 0 radical (unpaired) electrons. The first-order valence-electron chi connectivity index (χ1n) is 5.51. The van der Waals surface area contributed by atoms with Gasteiger partial charge in [0.25, 0.3) is 0 Å². The van der Waals surface area contributed by atoms with E-state index in [4.69, 9.17) is 22.1 Å². The highest BCUT2D eigenvalue weighted by Gasteiger charge is 2.07. The van der Waals surface area contributed by atoms with E-state index in [0.29, 0.717) is 10.7 Å². The van der Waals surface area contributed by atoms with Gasteiger partial charge in [-0.25, -0.2) is 4.98 Å². The number of nitrogen functional groups attached to an aromatic ring is 1. The molecule has 0 aliphatic rings. The zero-order valence-corrected chi connectivity index (χ0v) is 11.8. The number of nitrogens with two attached hydrogens (primary N) is 1. The summed E-state index contributed by atoms with van der Waals surface area (Å²) in [5, 5.41) is 2.45. The predicted octanol–water partition coefficient (Wildman–Crippen LogP) is 4.05. The third-order valence-corrected chi connectivity index (χ3v) is 3.22. The number of methoxy groups -OCH3 is 1. The fraction of sp³-hybridized carbons (Fsp3) is 0.0714. The monoisotopic (exact) mass is 294 g/mol. The molecule has 2 aromatic carbocycles. The van der Waals surface area contributed by atoms with E-state index in [-0.39, 0.29) is 12.4 Å². The molecule has 3 nitrogen and oxygen atoms in total. The molecule has 0 saturated carbocycles. The van der Waals surface area contributed by atoms with Crippen molar-refractivity contribution in [2.45, 2.75) is 0 Å². The van der Waals surface area contributed by atoms with Gasteiger partial charge in [0.2, 0.25) is 0 Å². The van der Waals surface area contributed by atoms with Crippen LogP contribution in [0.2, 0.25) is 5.02 Å². The van der Waals surface area contributed by atoms with Crippen LogP contribution in [0.25, 0.3) is 21.8 Å². The zero-order chi connectivity index (χ0) is 12.7. The van der Waals surface area contributed by atoms with Gasteiger partial charge < -0.3 is 10.5 Å². The molecular weight excluding hydrogens is 283 g/mol. The SMILES string of the molecule is COc1ccc2nc3cc(Cl)ccc3c(N)c2c1.Cl. The van der Waals surface area contributed by atoms with Gasteiger partial charge in [0.1, 0.15) is 5.75 Å². The number of aromatic nitrogens is 1. The lowest BCUT2D eigenvalue weighted by molar-refractivity contribution is 0.415. The molecule has 19 heavy (non-hydrogen) atoms. The molecule has 1 heterocycles. The van der Waals surface area contributed by atoms with Crippen molar-refractivity contribution in [3.63, 3.8) is 0 Å². The Hall–Kier alpha value is -1.71. The van der Waals surface area contributed by atoms with E-state index in [0.717, 1.165) is 27.6 Å². The first-order valence-corrected chi connectivity index (χ1v) is 5.89. The topological polar surface area (TPSA) is 48.1 Å². The molecule has 0 atom stereocenters. The van der Waals surface area contributed by atoms with E-state index in [1.807, 2.05) is 36.4 Å². The van der Waals surface area contributed by atoms with E-state index in [1.165, 1.54) is 0 Å². The summed E-state index contributed by atoms with van der Waals surface area (Å²) in [6.45, 7) is 0. The molecule has 3 aromatic rings. The molecule has 1 aromatic heterocycles. The third kappa shape index (κ3) is 2.27. The minimum Gasteiger partial charge on any atom is -0.497 e. The van der Waals surface area contributed by atoms with Crippen molar-refractivity contribution in [2.75, 3.05) is 12.8 Å². The number of hydrogen-bond acceptors (Lipinski definition) is 3. The van der Waals surface area contributed by atoms with Crippen molar-refractivity contribution in [2.24, 2.45) is 0 Å². The minimum atomic E-state index is 0. The third-order valence-electron chi connectivity index (χ3n) is 2.98. The molecule has 2 N–H and O–H groups in total. The summed E-state index contributed by atoms with van der Waals surface area (Å²) >= 11 is 5.97. The summed E-state index contributed by atoms with van der Waals surface area (Å²) in [5.74, 6) is 0.768. The summed E-state index contributed by atoms with van der Waals surface area (Å²) in [5.41, 5.74) is 8.53. The van der Waals surface area contributed by atoms with Gasteiger partial charge in [0, 0.05) is 15.8 Å². The largest absolute Gasteiger partial charge is 0.497 e. The molecule has 0 spiro atoms. The number of pyridine rings is 1. The Morgan fingerprint density at radius 3 is 2.58 bits per heavy atom. The molecule has 98 valence electrons. The standard InChI is InChI=1S/C14H11ClN2O.ClH/c1-18-9-3-5-12-11(7-9)14(16)10-4-2-8(15)6-13(10)17-12;/h2-7H,1H3,(H2,16,17);1H. The highest BCUT2D eigenvalue weighted by molar-refractivity contribution is 6.31. The van der Waals surface area contributed by atoms with E-state index >= 15 is 0 Å². The second kappa shape index (κ2) is 5.11. The van der Waals surface area contributed by atoms with Crippen LogP contribution >= 0.6 is 24.0 Å². The number of rotatable bonds is 1. The van der Waals surface area contributed by atoms with Crippen molar-refractivity contribution < 1.29 is 4.74 Å². The van der Waals surface area contributed by atoms with Gasteiger partial charge in [0.15, 0.2) is 0 Å². The number of halogens is 2. The lowest BCUT2D eigenvalue weighted by atomic mass is 10.1. The second-order valence-electron chi connectivity index (χ2n) is 4.07. The molecule has 0 aliphatic carbocycles. The Bertz CT molecular complexity index is 759. The van der Waals surface area contributed by atoms with E-state index in [2.05, 4.69) is 4.98 Å². The highest BCUT2D eigenvalue weighted by atomic mass is 35.5. The van der Waals surface area contributed by atoms with Crippen LogP contribution in [0.15, 0.2) is 36.4 Å². The van der Waals surface area contributed by atoms with E-state index in [1.54, 1.807) is 7.11 Å². The fourth-order valence-electron chi connectivity index (χ4n) is 2.06. The van der Waals surface area contributed by atoms with Crippen LogP contribution in [0.1, 0.15) is 0 Å². The molecule has 0 amide bonds. The van der Waals surface area contributed by atoms with Gasteiger partial charge in [-0.2, -0.15) is 0 Å². The Labute approximate surface area is 121 Å². The van der Waals surface area contributed by atoms with Gasteiger partial charge in [-0.3, -0.25) is 0 Å². The average molecular weight is 295 g/mol. The number of benzene rings is 2. The zero-order valence-electron chi connectivity index (χ0n) is 10.2. The van der Waals surface area contributed by atoms with Crippen LogP contribution in [0.5, 0.6) is 5.75 Å². The first-order chi connectivity index (χ1) is 8.69. The van der Waals surface area contributed by atoms with E-state index in [9.17, 15) is 0 Å². The van der Waals surface area contributed by atoms with Gasteiger partial charge >= 0.3 is 0 Å². The van der Waals surface area contributed by atoms with Gasteiger partial charge in [-0.05, 0) is 36.4 Å². The molecule has 5 heteroatoms. The van der Waals surface area contributed by atoms with Crippen molar-refractivity contribution in [3.05, 3.63) is 41.4 Å². The van der Waals surface area contributed by atoms with Crippen LogP contribution in [-0.4, -0.2) is 12.1 Å². The quantitative estimate of drug-likeness (QED) is 0.689. The fourth-order valence-corrected chi connectivity index (χ4v) is 2.22. The predicted molar refractivity (Wildman–Crippen MR) is 82.5 cm³/mol. The minimum absolute atomic E-state index is 0. The Morgan fingerprint density at radius 2 is 1.84 bits per heavy atom. The molecule has 0 bridgehead atoms. The van der Waals surface area contributed by atoms with E-state index < -0.39 is 0 Å². The molecule has 0 fully saturated rings. The average Bonchev–Trinajstić information content (AvgIpc) is 2.38. The first kappa shape index (κ1) is 13.7. The maximum absolute atomic E-state index is 6.19. The smallest absolute Gasteiger partial charge is 0.119 e. The lowest BCUT2D eigenvalue weighted by Crippen LogP contribution is -1.93. The number of ether oxygens (including phenoxy) is 1. The van der Waals surface area contributed by atoms with Crippen LogP contribution < -0.4 is 10.5 Å². The van der Waals surface area contributed by atoms with Crippen LogP contribution in [0, 0.1) is 0 Å². The summed E-state index contributed by atoms with van der Waals surface area (Å²) in [6.07, 6.45) is 0. The van der Waals surface area contributed by atoms with Gasteiger partial charge in [0.05, 0.1) is 23.8 Å². The molecule has 0 aliphatic heterocycles. The van der Waals surface area contributed by atoms with Crippen LogP contribution in [0.3, 0.4) is 0 Å². The summed E-state index contributed by atoms with van der Waals surface area (Å²) in [6, 6.07) is 11.2. The molecular formula is C14H12Cl2N2O. The van der Waals surface area contributed by atoms with Crippen LogP contribution in [0.4, 0.5) is 5.69 Å². The molecule has 0 saturated heterocycles. The maximum Gasteiger partial charge on any atom is 0.119 e. The number of anilines is 1. The second-order valence-corrected chi connectivity index (χ2v) is 4.51. The van der Waals surface area contributed by atoms with Crippen molar-refractivity contribution >= 4 is 51.5 Å². The number of hydrogen-bond donors (Lipinski definition) is 1. The summed E-state index contributed by atoms with van der Waals surface area (Å²) in [4.78, 5) is 4.55. The van der Waals surface area contributed by atoms with Crippen LogP contribution in [-0.2, 0) is 0 Å². The lowest BCUT2D eigenvalue weighted by Gasteiger charge is -2.08. The molecule has 0 unspecified atom stereocenters. The van der Waals surface area contributed by atoms with Crippen molar-refractivity contribution in [1.82, 2.24) is 4.98 Å². The van der Waals surface area contributed by atoms with Crippen molar-refractivity contribution in [1.29, 1.82) is 0 Å². The van der Waals surface area contributed by atoms with Gasteiger partial charge in [-0.15, -0.1) is 12.4 Å². The van der Waals surface area contributed by atoms with Crippen molar-refractivity contribution in [3.8, 4) is 5.75 Å². The molecule has 3 rings (SSSR count). The Morgan fingerprint density at radius 1 is 1.05 bits per heavy atom. The Balaban J connectivity index is 0.00000133. The summed E-state index contributed by atoms with van der Waals surface area (Å²) < 4.78 is 5.20. The Kier molecular flexibility index (Phi) is 3.69. The number of nitrogens with zero attached hydrogens (tertiary/aromatic N) is 1. The number of fused-ring (bicyclic) bond motifs is 2. The maximum atomic E-state index is 6.19. The van der Waals surface area contributed by atoms with Gasteiger partial charge in [-0.1, -0.05) is 11.6 Å². The highest BCUT2D eigenvalue weighted by Crippen LogP contribution is 2.31. The summed E-state index contributed by atoms with van der Waals surface area (Å²) in [7, 11) is 1.63. The normalized spacial score (nSPS) is 10.4.